The zero-order chi connectivity index (χ0) is 12.3. The lowest BCUT2D eigenvalue weighted by Crippen LogP contribution is -2.20. The Balaban J connectivity index is 2.23. The van der Waals surface area contributed by atoms with Gasteiger partial charge in [0.05, 0.1) is 6.61 Å². The van der Waals surface area contributed by atoms with Crippen molar-refractivity contribution in [3.63, 3.8) is 0 Å². The molecular weight excluding hydrogens is 220 g/mol. The first kappa shape index (κ1) is 11.4. The number of esters is 2. The summed E-state index contributed by atoms with van der Waals surface area (Å²) >= 11 is 0. The maximum absolute atomic E-state index is 11.6. The number of fused-ring (bicyclic) bond motifs is 1. The predicted molar refractivity (Wildman–Crippen MR) is 60.5 cm³/mol. The Kier molecular flexibility index (Phi) is 3.23. The standard InChI is InChI=1S/C13H12O4/c1-2-16-12(14)8-10-7-9-5-3-4-6-11(9)17-13(10)15/h3-6,8H,2,7H2,1H3. The van der Waals surface area contributed by atoms with Crippen molar-refractivity contribution < 1.29 is 19.1 Å². The molecule has 17 heavy (non-hydrogen) atoms. The molecule has 1 aliphatic heterocycles. The molecule has 0 bridgehead atoms. The van der Waals surface area contributed by atoms with Crippen LogP contribution in [0, 0.1) is 0 Å². The van der Waals surface area contributed by atoms with E-state index in [0.717, 1.165) is 5.56 Å². The van der Waals surface area contributed by atoms with Crippen molar-refractivity contribution in [3.05, 3.63) is 41.5 Å². The maximum atomic E-state index is 11.6. The summed E-state index contributed by atoms with van der Waals surface area (Å²) in [6, 6.07) is 7.25. The van der Waals surface area contributed by atoms with Gasteiger partial charge in [0.25, 0.3) is 0 Å². The van der Waals surface area contributed by atoms with E-state index in [1.54, 1.807) is 19.1 Å². The quantitative estimate of drug-likeness (QED) is 0.442. The second-order valence-corrected chi connectivity index (χ2v) is 3.60. The molecule has 0 amide bonds. The third kappa shape index (κ3) is 2.53. The normalized spacial score (nSPS) is 16.3. The van der Waals surface area contributed by atoms with Gasteiger partial charge in [0, 0.05) is 18.1 Å². The molecule has 0 atom stereocenters. The zero-order valence-corrected chi connectivity index (χ0v) is 9.43. The van der Waals surface area contributed by atoms with Gasteiger partial charge in [-0.3, -0.25) is 0 Å². The van der Waals surface area contributed by atoms with Crippen LogP contribution >= 0.6 is 0 Å². The molecule has 1 aliphatic rings. The van der Waals surface area contributed by atoms with E-state index in [0.29, 0.717) is 17.7 Å². The summed E-state index contributed by atoms with van der Waals surface area (Å²) in [4.78, 5) is 22.9. The Morgan fingerprint density at radius 3 is 3.00 bits per heavy atom. The van der Waals surface area contributed by atoms with E-state index in [-0.39, 0.29) is 6.61 Å². The fourth-order valence-corrected chi connectivity index (χ4v) is 1.63. The summed E-state index contributed by atoms with van der Waals surface area (Å²) in [5.41, 5.74) is 1.21. The van der Waals surface area contributed by atoms with Gasteiger partial charge < -0.3 is 9.47 Å². The molecule has 0 N–H and O–H groups in total. The summed E-state index contributed by atoms with van der Waals surface area (Å²) in [7, 11) is 0. The van der Waals surface area contributed by atoms with Crippen molar-refractivity contribution in [1.29, 1.82) is 0 Å². The molecule has 4 heteroatoms. The highest BCUT2D eigenvalue weighted by Crippen LogP contribution is 2.27. The van der Waals surface area contributed by atoms with Gasteiger partial charge >= 0.3 is 11.9 Å². The van der Waals surface area contributed by atoms with E-state index < -0.39 is 11.9 Å². The lowest BCUT2D eigenvalue weighted by atomic mass is 10.0. The monoisotopic (exact) mass is 232 g/mol. The van der Waals surface area contributed by atoms with E-state index in [9.17, 15) is 9.59 Å². The van der Waals surface area contributed by atoms with Gasteiger partial charge in [-0.15, -0.1) is 0 Å². The van der Waals surface area contributed by atoms with Gasteiger partial charge in [-0.05, 0) is 18.6 Å². The van der Waals surface area contributed by atoms with Gasteiger partial charge in [0.15, 0.2) is 0 Å². The van der Waals surface area contributed by atoms with Crippen LogP contribution in [-0.2, 0) is 20.7 Å². The Bertz CT molecular complexity index is 488. The van der Waals surface area contributed by atoms with Crippen molar-refractivity contribution in [2.24, 2.45) is 0 Å². The van der Waals surface area contributed by atoms with E-state index >= 15 is 0 Å². The highest BCUT2D eigenvalue weighted by atomic mass is 16.5. The second kappa shape index (κ2) is 4.82. The Labute approximate surface area is 98.8 Å². The van der Waals surface area contributed by atoms with Crippen LogP contribution in [0.5, 0.6) is 5.75 Å². The van der Waals surface area contributed by atoms with Crippen LogP contribution in [0.25, 0.3) is 0 Å². The Morgan fingerprint density at radius 1 is 1.47 bits per heavy atom. The summed E-state index contributed by atoms with van der Waals surface area (Å²) in [6.45, 7) is 2.00. The molecule has 0 saturated carbocycles. The number of para-hydroxylation sites is 1. The Morgan fingerprint density at radius 2 is 2.24 bits per heavy atom. The lowest BCUT2D eigenvalue weighted by molar-refractivity contribution is -0.138. The highest BCUT2D eigenvalue weighted by Gasteiger charge is 2.22. The molecule has 88 valence electrons. The Hall–Kier alpha value is -2.10. The predicted octanol–water partition coefficient (Wildman–Crippen LogP) is 1.64. The largest absolute Gasteiger partial charge is 0.463 e. The number of hydrogen-bond donors (Lipinski definition) is 0. The average molecular weight is 232 g/mol. The van der Waals surface area contributed by atoms with Gasteiger partial charge in [0.1, 0.15) is 5.75 Å². The first-order valence-corrected chi connectivity index (χ1v) is 5.38. The first-order valence-electron chi connectivity index (χ1n) is 5.38. The fourth-order valence-electron chi connectivity index (χ4n) is 1.63. The first-order chi connectivity index (χ1) is 8.20. The van der Waals surface area contributed by atoms with Crippen molar-refractivity contribution in [1.82, 2.24) is 0 Å². The minimum absolute atomic E-state index is 0.286. The molecule has 0 fully saturated rings. The van der Waals surface area contributed by atoms with Crippen molar-refractivity contribution >= 4 is 11.9 Å². The molecule has 0 spiro atoms. The maximum Gasteiger partial charge on any atom is 0.340 e. The minimum atomic E-state index is -0.515. The van der Waals surface area contributed by atoms with E-state index in [1.165, 1.54) is 6.08 Å². The molecule has 0 unspecified atom stereocenters. The molecule has 1 aromatic carbocycles. The summed E-state index contributed by atoms with van der Waals surface area (Å²) < 4.78 is 9.87. The summed E-state index contributed by atoms with van der Waals surface area (Å²) in [5, 5.41) is 0. The SMILES string of the molecule is CCOC(=O)C=C1Cc2ccccc2OC1=O. The summed E-state index contributed by atoms with van der Waals surface area (Å²) in [6.07, 6.45) is 1.59. The molecule has 0 radical (unpaired) electrons. The van der Waals surface area contributed by atoms with Gasteiger partial charge in [-0.1, -0.05) is 18.2 Å². The molecule has 4 nitrogen and oxygen atoms in total. The van der Waals surface area contributed by atoms with E-state index in [2.05, 4.69) is 0 Å². The van der Waals surface area contributed by atoms with E-state index in [4.69, 9.17) is 9.47 Å². The number of carbonyl (C=O) groups excluding carboxylic acids is 2. The number of hydrogen-bond acceptors (Lipinski definition) is 4. The van der Waals surface area contributed by atoms with Crippen molar-refractivity contribution in [3.8, 4) is 5.75 Å². The van der Waals surface area contributed by atoms with Crippen LogP contribution in [0.2, 0.25) is 0 Å². The topological polar surface area (TPSA) is 52.6 Å². The highest BCUT2D eigenvalue weighted by molar-refractivity contribution is 5.98. The molecular formula is C13H12O4. The van der Waals surface area contributed by atoms with Gasteiger partial charge in [0.2, 0.25) is 0 Å². The zero-order valence-electron chi connectivity index (χ0n) is 9.43. The number of benzene rings is 1. The van der Waals surface area contributed by atoms with Crippen LogP contribution in [-0.4, -0.2) is 18.5 Å². The molecule has 0 aliphatic carbocycles. The van der Waals surface area contributed by atoms with Crippen LogP contribution in [0.15, 0.2) is 35.9 Å². The lowest BCUT2D eigenvalue weighted by Gasteiger charge is -2.17. The molecule has 2 rings (SSSR count). The number of rotatable bonds is 2. The average Bonchev–Trinajstić information content (AvgIpc) is 2.30. The minimum Gasteiger partial charge on any atom is -0.463 e. The fraction of sp³-hybridized carbons (Fsp3) is 0.231. The van der Waals surface area contributed by atoms with Crippen molar-refractivity contribution in [2.75, 3.05) is 6.61 Å². The van der Waals surface area contributed by atoms with Crippen LogP contribution in [0.1, 0.15) is 12.5 Å². The number of carbonyl (C=O) groups is 2. The molecule has 0 saturated heterocycles. The molecule has 1 heterocycles. The number of ether oxygens (including phenoxy) is 2. The van der Waals surface area contributed by atoms with Crippen molar-refractivity contribution in [2.45, 2.75) is 13.3 Å². The van der Waals surface area contributed by atoms with Crippen LogP contribution in [0.4, 0.5) is 0 Å². The third-order valence-electron chi connectivity index (χ3n) is 2.40. The smallest absolute Gasteiger partial charge is 0.340 e. The van der Waals surface area contributed by atoms with Crippen LogP contribution in [0.3, 0.4) is 0 Å². The van der Waals surface area contributed by atoms with Crippen LogP contribution < -0.4 is 4.74 Å². The third-order valence-corrected chi connectivity index (χ3v) is 2.40. The molecule has 1 aromatic rings. The van der Waals surface area contributed by atoms with Gasteiger partial charge in [-0.25, -0.2) is 9.59 Å². The second-order valence-electron chi connectivity index (χ2n) is 3.60. The van der Waals surface area contributed by atoms with Gasteiger partial charge in [-0.2, -0.15) is 0 Å². The molecule has 0 aromatic heterocycles. The summed E-state index contributed by atoms with van der Waals surface area (Å²) in [5.74, 6) is -0.450. The van der Waals surface area contributed by atoms with E-state index in [1.807, 2.05) is 12.1 Å².